The second-order valence-corrected chi connectivity index (χ2v) is 11.3. The predicted molar refractivity (Wildman–Crippen MR) is 161 cm³/mol. The number of likely N-dealkylation sites (N-methyl/N-ethyl adjacent to an activating group) is 1. The Morgan fingerprint density at radius 2 is 2.00 bits per heavy atom. The number of aromatic hydroxyl groups is 1. The molecule has 1 fully saturated rings. The van der Waals surface area contributed by atoms with Gasteiger partial charge in [-0.05, 0) is 43.0 Å². The van der Waals surface area contributed by atoms with Crippen LogP contribution in [0.5, 0.6) is 11.5 Å². The third-order valence-corrected chi connectivity index (χ3v) is 8.25. The monoisotopic (exact) mass is 665 g/mol. The van der Waals surface area contributed by atoms with Gasteiger partial charge in [-0.15, -0.1) is 0 Å². The summed E-state index contributed by atoms with van der Waals surface area (Å²) in [6.07, 6.45) is -0.305. The van der Waals surface area contributed by atoms with Crippen LogP contribution < -0.4 is 25.7 Å². The van der Waals surface area contributed by atoms with Crippen LogP contribution in [-0.4, -0.2) is 101 Å². The first-order valence-electron chi connectivity index (χ1n) is 14.7. The van der Waals surface area contributed by atoms with Gasteiger partial charge in [0.25, 0.3) is 0 Å². The lowest BCUT2D eigenvalue weighted by Crippen LogP contribution is -3.07. The number of phenolic OH excluding ortho intramolecular Hbond substituents is 1. The zero-order valence-electron chi connectivity index (χ0n) is 25.3. The van der Waals surface area contributed by atoms with E-state index in [-0.39, 0.29) is 40.0 Å². The molecule has 1 aromatic heterocycles. The van der Waals surface area contributed by atoms with Crippen LogP contribution in [0.4, 0.5) is 0 Å². The van der Waals surface area contributed by atoms with Gasteiger partial charge in [0, 0.05) is 12.3 Å². The SMILES string of the molecule is CN[C@H](C(=O)[O-])C(=O)OC[C@H]1O[C@H](Oc2ccc3c(=O)c(-c4ccc(O)cc4)coc3c2)[C@@H](O[NH+]2C=C3C=CN=C3C2)[C@@](O)(CO)[C@H]1O. The summed E-state index contributed by atoms with van der Waals surface area (Å²) in [6.45, 7) is -1.57. The number of hydrogen-bond donors (Lipinski definition) is 6. The number of hydroxylamine groups is 2. The molecule has 3 aromatic rings. The Morgan fingerprint density at radius 3 is 2.69 bits per heavy atom. The quantitative estimate of drug-likeness (QED) is 0.0903. The van der Waals surface area contributed by atoms with E-state index in [9.17, 15) is 39.9 Å². The number of ether oxygens (including phenoxy) is 3. The fraction of sp³-hybridized carbons (Fsp3) is 0.312. The summed E-state index contributed by atoms with van der Waals surface area (Å²) in [7, 11) is 1.20. The number of esters is 1. The average Bonchev–Trinajstić information content (AvgIpc) is 3.67. The van der Waals surface area contributed by atoms with E-state index in [1.807, 2.05) is 0 Å². The van der Waals surface area contributed by atoms with Gasteiger partial charge in [0.1, 0.15) is 60.1 Å². The number of carbonyl (C=O) groups is 2. The van der Waals surface area contributed by atoms with Gasteiger partial charge in [-0.2, -0.15) is 9.90 Å². The van der Waals surface area contributed by atoms with Gasteiger partial charge >= 0.3 is 5.97 Å². The van der Waals surface area contributed by atoms with E-state index in [0.717, 1.165) is 5.57 Å². The Hall–Kier alpha value is -4.94. The number of nitrogens with zero attached hydrogens (tertiary/aromatic N) is 1. The smallest absolute Gasteiger partial charge is 0.329 e. The van der Waals surface area contributed by atoms with Crippen LogP contribution in [0, 0.1) is 0 Å². The number of fused-ring (bicyclic) bond motifs is 2. The number of carboxylic acid groups (broad SMARTS) is 1. The molecule has 7 atom stereocenters. The fourth-order valence-corrected chi connectivity index (χ4v) is 5.63. The topological polar surface area (TPSA) is 234 Å². The highest BCUT2D eigenvalue weighted by Crippen LogP contribution is 2.34. The summed E-state index contributed by atoms with van der Waals surface area (Å²) in [5, 5.41) is 56.9. The van der Waals surface area contributed by atoms with E-state index in [4.69, 9.17) is 23.5 Å². The maximum Gasteiger partial charge on any atom is 0.329 e. The molecule has 0 radical (unpaired) electrons. The molecule has 3 aliphatic heterocycles. The van der Waals surface area contributed by atoms with Gasteiger partial charge in [0.05, 0.1) is 29.1 Å². The number of allylic oxidation sites excluding steroid dienone is 1. The van der Waals surface area contributed by atoms with Crippen LogP contribution in [-0.2, 0) is 23.9 Å². The number of carboxylic acids is 1. The summed E-state index contributed by atoms with van der Waals surface area (Å²) in [4.78, 5) is 47.3. The third-order valence-electron chi connectivity index (χ3n) is 8.25. The van der Waals surface area contributed by atoms with E-state index >= 15 is 0 Å². The molecule has 0 bridgehead atoms. The molecule has 252 valence electrons. The van der Waals surface area contributed by atoms with Crippen molar-refractivity contribution in [3.63, 3.8) is 0 Å². The van der Waals surface area contributed by atoms with Gasteiger partial charge in [-0.1, -0.05) is 12.1 Å². The predicted octanol–water partition coefficient (Wildman–Crippen LogP) is -2.71. The van der Waals surface area contributed by atoms with Crippen molar-refractivity contribution >= 4 is 28.6 Å². The molecule has 6 rings (SSSR count). The molecule has 6 N–H and O–H groups in total. The number of rotatable bonds is 11. The van der Waals surface area contributed by atoms with Crippen molar-refractivity contribution in [3.05, 3.63) is 83.0 Å². The largest absolute Gasteiger partial charge is 0.548 e. The van der Waals surface area contributed by atoms with Crippen molar-refractivity contribution in [1.29, 1.82) is 0 Å². The maximum atomic E-state index is 13.3. The number of aliphatic imine (C=N–C) groups is 1. The number of phenols is 1. The molecule has 1 unspecified atom stereocenters. The fourth-order valence-electron chi connectivity index (χ4n) is 5.63. The molecule has 0 amide bonds. The number of aliphatic hydroxyl groups excluding tert-OH is 2. The number of hydrogen-bond acceptors (Lipinski definition) is 15. The Morgan fingerprint density at radius 1 is 1.23 bits per heavy atom. The van der Waals surface area contributed by atoms with Gasteiger partial charge in [-0.25, -0.2) is 4.79 Å². The van der Waals surface area contributed by atoms with Crippen LogP contribution in [0.15, 0.2) is 87.0 Å². The maximum absolute atomic E-state index is 13.3. The van der Waals surface area contributed by atoms with Crippen molar-refractivity contribution in [2.45, 2.75) is 36.2 Å². The lowest BCUT2D eigenvalue weighted by molar-refractivity contribution is -1.05. The van der Waals surface area contributed by atoms with Crippen LogP contribution in [0.3, 0.4) is 0 Å². The first-order chi connectivity index (χ1) is 23.0. The Labute approximate surface area is 271 Å². The molecule has 16 heteroatoms. The van der Waals surface area contributed by atoms with Gasteiger partial charge < -0.3 is 54.3 Å². The molecule has 2 aromatic carbocycles. The molecule has 16 nitrogen and oxygen atoms in total. The molecular formula is C32H31N3O13. The van der Waals surface area contributed by atoms with Gasteiger partial charge in [0.15, 0.2) is 17.6 Å². The van der Waals surface area contributed by atoms with Crippen LogP contribution in [0.25, 0.3) is 22.1 Å². The second kappa shape index (κ2) is 13.3. The molecule has 1 saturated heterocycles. The Bertz CT molecular complexity index is 1870. The standard InChI is InChI=1S/C32H31N3O13/c1-33-25(29(40)41)30(42)45-14-24-27(39)32(43,15-36)28(48-35-11-17-8-9-34-22(17)12-35)31(47-24)46-19-6-7-20-23(10-19)44-13-21(26(20)38)16-2-4-18(37)5-3-16/h2-11,13,24-25,27-28,31,33,36-37,39,43H,12,14-15H2,1H3,(H,40,41)/t24-,25-,27+,28-,31+,32-/m1/s1. The molecule has 3 aliphatic rings. The highest BCUT2D eigenvalue weighted by molar-refractivity contribution is 6.06. The van der Waals surface area contributed by atoms with E-state index in [1.54, 1.807) is 30.6 Å². The second-order valence-electron chi connectivity index (χ2n) is 11.3. The van der Waals surface area contributed by atoms with E-state index in [1.165, 1.54) is 43.6 Å². The number of aliphatic carboxylic acids is 1. The first kappa shape index (κ1) is 33.0. The van der Waals surface area contributed by atoms with Crippen LogP contribution in [0.2, 0.25) is 0 Å². The van der Waals surface area contributed by atoms with E-state index < -0.39 is 61.4 Å². The zero-order chi connectivity index (χ0) is 34.2. The average molecular weight is 666 g/mol. The van der Waals surface area contributed by atoms with Crippen LogP contribution >= 0.6 is 0 Å². The van der Waals surface area contributed by atoms with Crippen molar-refractivity contribution in [2.24, 2.45) is 4.99 Å². The summed E-state index contributed by atoms with van der Waals surface area (Å²) in [6, 6.07) is 8.48. The van der Waals surface area contributed by atoms with Gasteiger partial charge in [-0.3, -0.25) is 9.79 Å². The van der Waals surface area contributed by atoms with Crippen molar-refractivity contribution in [2.75, 3.05) is 26.8 Å². The van der Waals surface area contributed by atoms with E-state index in [0.29, 0.717) is 16.3 Å². The number of benzene rings is 2. The molecule has 48 heavy (non-hydrogen) atoms. The zero-order valence-corrected chi connectivity index (χ0v) is 25.3. The number of carbonyl (C=O) groups excluding carboxylic acids is 2. The molecular weight excluding hydrogens is 634 g/mol. The first-order valence-corrected chi connectivity index (χ1v) is 14.7. The lowest BCUT2D eigenvalue weighted by Gasteiger charge is -2.47. The van der Waals surface area contributed by atoms with Gasteiger partial charge in [0.2, 0.25) is 12.4 Å². The number of nitrogens with one attached hydrogen (secondary N) is 2. The third kappa shape index (κ3) is 6.20. The molecule has 0 aliphatic carbocycles. The highest BCUT2D eigenvalue weighted by atomic mass is 16.8. The van der Waals surface area contributed by atoms with Crippen LogP contribution in [0.1, 0.15) is 0 Å². The Balaban J connectivity index is 1.30. The molecule has 4 heterocycles. The van der Waals surface area contributed by atoms with E-state index in [2.05, 4.69) is 10.3 Å². The molecule has 0 saturated carbocycles. The minimum Gasteiger partial charge on any atom is -0.548 e. The minimum absolute atomic E-state index is 0.0371. The summed E-state index contributed by atoms with van der Waals surface area (Å²) in [5.41, 5.74) is -0.415. The van der Waals surface area contributed by atoms with Crippen molar-refractivity contribution < 1.29 is 63.7 Å². The summed E-state index contributed by atoms with van der Waals surface area (Å²) < 4.78 is 22.8. The number of quaternary nitrogens is 1. The summed E-state index contributed by atoms with van der Waals surface area (Å²) in [5.74, 6) is -2.89. The number of aliphatic hydroxyl groups is 3. The highest BCUT2D eigenvalue weighted by Gasteiger charge is 2.60. The Kier molecular flexibility index (Phi) is 9.13. The van der Waals surface area contributed by atoms with Crippen molar-refractivity contribution in [3.8, 4) is 22.6 Å². The minimum atomic E-state index is -2.46. The molecule has 0 spiro atoms. The lowest BCUT2D eigenvalue weighted by atomic mass is 9.84. The summed E-state index contributed by atoms with van der Waals surface area (Å²) >= 11 is 0. The van der Waals surface area contributed by atoms with Crippen molar-refractivity contribution in [1.82, 2.24) is 5.32 Å². The normalized spacial score (nSPS) is 26.9.